The van der Waals surface area contributed by atoms with Crippen molar-refractivity contribution >= 4 is 12.4 Å². The zero-order valence-corrected chi connectivity index (χ0v) is 13.1. The van der Waals surface area contributed by atoms with Gasteiger partial charge in [0, 0.05) is 18.7 Å². The van der Waals surface area contributed by atoms with Crippen molar-refractivity contribution < 1.29 is 17.9 Å². The van der Waals surface area contributed by atoms with Crippen LogP contribution >= 0.6 is 12.4 Å². The van der Waals surface area contributed by atoms with Crippen molar-refractivity contribution in [1.82, 2.24) is 4.90 Å². The number of nitrogens with two attached hydrogens (primary N) is 1. The molecule has 1 aliphatic heterocycles. The third-order valence-corrected chi connectivity index (χ3v) is 3.77. The minimum Gasteiger partial charge on any atom is -0.405 e. The van der Waals surface area contributed by atoms with E-state index in [0.717, 1.165) is 32.4 Å². The number of halogens is 4. The summed E-state index contributed by atoms with van der Waals surface area (Å²) < 4.78 is 41.3. The van der Waals surface area contributed by atoms with Crippen LogP contribution in [0.3, 0.4) is 0 Å². The van der Waals surface area contributed by atoms with Gasteiger partial charge < -0.3 is 10.5 Å². The van der Waals surface area contributed by atoms with Crippen LogP contribution in [0.25, 0.3) is 0 Å². The van der Waals surface area contributed by atoms with Gasteiger partial charge in [-0.25, -0.2) is 0 Å². The quantitative estimate of drug-likeness (QED) is 0.892. The van der Waals surface area contributed by atoms with Crippen molar-refractivity contribution in [2.75, 3.05) is 19.6 Å². The lowest BCUT2D eigenvalue weighted by atomic mass is 9.94. The van der Waals surface area contributed by atoms with Crippen molar-refractivity contribution in [2.24, 2.45) is 11.7 Å². The molecule has 1 fully saturated rings. The first-order chi connectivity index (χ1) is 9.98. The second-order valence-corrected chi connectivity index (χ2v) is 5.48. The first-order valence-corrected chi connectivity index (χ1v) is 7.24. The second kappa shape index (κ2) is 8.60. The molecule has 3 nitrogen and oxygen atoms in total. The largest absolute Gasteiger partial charge is 0.573 e. The fraction of sp³-hybridized carbons (Fsp3) is 0.600. The van der Waals surface area contributed by atoms with Crippen LogP contribution < -0.4 is 10.5 Å². The lowest BCUT2D eigenvalue weighted by Crippen LogP contribution is -2.35. The van der Waals surface area contributed by atoms with Gasteiger partial charge in [-0.2, -0.15) is 0 Å². The summed E-state index contributed by atoms with van der Waals surface area (Å²) in [5.74, 6) is 0.436. The molecule has 2 rings (SSSR count). The van der Waals surface area contributed by atoms with E-state index >= 15 is 0 Å². The van der Waals surface area contributed by atoms with Gasteiger partial charge in [-0.15, -0.1) is 25.6 Å². The predicted octanol–water partition coefficient (Wildman–Crippen LogP) is 3.57. The van der Waals surface area contributed by atoms with Crippen LogP contribution in [0, 0.1) is 5.92 Å². The van der Waals surface area contributed by atoms with E-state index in [1.165, 1.54) is 6.07 Å². The molecule has 7 heteroatoms. The third-order valence-electron chi connectivity index (χ3n) is 3.77. The van der Waals surface area contributed by atoms with Gasteiger partial charge in [0.2, 0.25) is 0 Å². The van der Waals surface area contributed by atoms with Gasteiger partial charge in [0.25, 0.3) is 0 Å². The Kier molecular flexibility index (Phi) is 7.45. The molecule has 126 valence electrons. The number of nitrogens with zero attached hydrogens (tertiary/aromatic N) is 1. The zero-order chi connectivity index (χ0) is 15.3. The van der Waals surface area contributed by atoms with Crippen LogP contribution in [-0.4, -0.2) is 30.9 Å². The van der Waals surface area contributed by atoms with Gasteiger partial charge in [0.1, 0.15) is 5.75 Å². The first-order valence-electron chi connectivity index (χ1n) is 7.24. The normalized spacial score (nSPS) is 19.5. The van der Waals surface area contributed by atoms with Crippen molar-refractivity contribution in [2.45, 2.75) is 32.2 Å². The van der Waals surface area contributed by atoms with Gasteiger partial charge in [-0.3, -0.25) is 4.90 Å². The monoisotopic (exact) mass is 338 g/mol. The van der Waals surface area contributed by atoms with E-state index in [1.807, 2.05) is 0 Å². The fourth-order valence-electron chi connectivity index (χ4n) is 2.87. The molecule has 0 amide bonds. The Morgan fingerprint density at radius 2 is 2.00 bits per heavy atom. The van der Waals surface area contributed by atoms with Crippen LogP contribution in [0.1, 0.15) is 24.8 Å². The third kappa shape index (κ3) is 6.02. The number of ether oxygens (including phenoxy) is 1. The summed E-state index contributed by atoms with van der Waals surface area (Å²) in [5.41, 5.74) is 6.16. The molecule has 1 aromatic carbocycles. The van der Waals surface area contributed by atoms with Crippen LogP contribution in [0.4, 0.5) is 13.2 Å². The molecule has 0 spiro atoms. The Morgan fingerprint density at radius 1 is 1.27 bits per heavy atom. The van der Waals surface area contributed by atoms with Gasteiger partial charge in [0.05, 0.1) is 0 Å². The molecular weight excluding hydrogens is 317 g/mol. The lowest BCUT2D eigenvalue weighted by molar-refractivity contribution is -0.275. The minimum atomic E-state index is -4.65. The molecule has 0 aromatic heterocycles. The number of hydrogen-bond donors (Lipinski definition) is 1. The van der Waals surface area contributed by atoms with Crippen molar-refractivity contribution in [3.8, 4) is 5.75 Å². The maximum Gasteiger partial charge on any atom is 0.573 e. The summed E-state index contributed by atoms with van der Waals surface area (Å²) in [6.45, 7) is 2.93. The summed E-state index contributed by atoms with van der Waals surface area (Å²) in [6, 6.07) is 6.34. The molecule has 2 N–H and O–H groups in total. The molecule has 0 radical (unpaired) electrons. The SMILES string of the molecule is Cl.NCCC1CCCN(Cc2ccccc2OC(F)(F)F)C1. The first kappa shape index (κ1) is 19.1. The maximum absolute atomic E-state index is 12.4. The van der Waals surface area contributed by atoms with Crippen molar-refractivity contribution in [1.29, 1.82) is 0 Å². The molecular formula is C15H22ClF3N2O. The predicted molar refractivity (Wildman–Crippen MR) is 82.0 cm³/mol. The molecule has 1 heterocycles. The Hall–Kier alpha value is -0.980. The number of rotatable bonds is 5. The number of likely N-dealkylation sites (tertiary alicyclic amines) is 1. The number of hydrogen-bond acceptors (Lipinski definition) is 3. The molecule has 1 aromatic rings. The maximum atomic E-state index is 12.4. The highest BCUT2D eigenvalue weighted by Gasteiger charge is 2.32. The molecule has 22 heavy (non-hydrogen) atoms. The van der Waals surface area contributed by atoms with E-state index in [2.05, 4.69) is 9.64 Å². The van der Waals surface area contributed by atoms with E-state index in [1.54, 1.807) is 18.2 Å². The van der Waals surface area contributed by atoms with Crippen LogP contribution in [-0.2, 0) is 6.54 Å². The minimum absolute atomic E-state index is 0. The topological polar surface area (TPSA) is 38.5 Å². The summed E-state index contributed by atoms with van der Waals surface area (Å²) in [4.78, 5) is 2.18. The lowest BCUT2D eigenvalue weighted by Gasteiger charge is -2.33. The molecule has 1 saturated heterocycles. The van der Waals surface area contributed by atoms with E-state index < -0.39 is 6.36 Å². The molecule has 0 aliphatic carbocycles. The summed E-state index contributed by atoms with van der Waals surface area (Å²) in [6.07, 6.45) is -1.47. The average Bonchev–Trinajstić information content (AvgIpc) is 2.40. The Labute approximate surface area is 135 Å². The Bertz CT molecular complexity index is 455. The van der Waals surface area contributed by atoms with E-state index in [9.17, 15) is 13.2 Å². The summed E-state index contributed by atoms with van der Waals surface area (Å²) >= 11 is 0. The van der Waals surface area contributed by atoms with E-state index in [4.69, 9.17) is 5.73 Å². The smallest absolute Gasteiger partial charge is 0.405 e. The number of benzene rings is 1. The number of alkyl halides is 3. The fourth-order valence-corrected chi connectivity index (χ4v) is 2.87. The summed E-state index contributed by atoms with van der Waals surface area (Å²) in [7, 11) is 0. The average molecular weight is 339 g/mol. The van der Waals surface area contributed by atoms with Gasteiger partial charge in [0.15, 0.2) is 0 Å². The standard InChI is InChI=1S/C15H21F3N2O.ClH/c16-15(17,18)21-14-6-2-1-5-13(14)11-20-9-3-4-12(10-20)7-8-19;/h1-2,5-6,12H,3-4,7-11,19H2;1H. The van der Waals surface area contributed by atoms with E-state index in [0.29, 0.717) is 24.6 Å². The van der Waals surface area contributed by atoms with Gasteiger partial charge in [-0.05, 0) is 44.3 Å². The summed E-state index contributed by atoms with van der Waals surface area (Å²) in [5, 5.41) is 0. The molecule has 0 saturated carbocycles. The molecule has 0 bridgehead atoms. The number of para-hydroxylation sites is 1. The molecule has 1 unspecified atom stereocenters. The Morgan fingerprint density at radius 3 is 2.68 bits per heavy atom. The second-order valence-electron chi connectivity index (χ2n) is 5.48. The highest BCUT2D eigenvalue weighted by molar-refractivity contribution is 5.85. The van der Waals surface area contributed by atoms with Gasteiger partial charge >= 0.3 is 6.36 Å². The van der Waals surface area contributed by atoms with E-state index in [-0.39, 0.29) is 18.2 Å². The van der Waals surface area contributed by atoms with Crippen LogP contribution in [0.15, 0.2) is 24.3 Å². The number of piperidine rings is 1. The Balaban J connectivity index is 0.00000242. The molecule has 1 aliphatic rings. The zero-order valence-electron chi connectivity index (χ0n) is 12.3. The van der Waals surface area contributed by atoms with Crippen molar-refractivity contribution in [3.63, 3.8) is 0 Å². The highest BCUT2D eigenvalue weighted by atomic mass is 35.5. The molecule has 1 atom stereocenters. The van der Waals surface area contributed by atoms with Crippen LogP contribution in [0.2, 0.25) is 0 Å². The highest BCUT2D eigenvalue weighted by Crippen LogP contribution is 2.28. The van der Waals surface area contributed by atoms with Crippen molar-refractivity contribution in [3.05, 3.63) is 29.8 Å². The van der Waals surface area contributed by atoms with Crippen LogP contribution in [0.5, 0.6) is 5.75 Å². The van der Waals surface area contributed by atoms with Gasteiger partial charge in [-0.1, -0.05) is 18.2 Å².